The quantitative estimate of drug-likeness (QED) is 0.185. The van der Waals surface area contributed by atoms with Gasteiger partial charge in [-0.25, -0.2) is 9.78 Å². The lowest BCUT2D eigenvalue weighted by Crippen LogP contribution is -2.17. The van der Waals surface area contributed by atoms with Gasteiger partial charge in [0, 0.05) is 28.4 Å². The number of nitrogens with one attached hydrogen (secondary N) is 1. The molecule has 0 saturated heterocycles. The van der Waals surface area contributed by atoms with E-state index >= 15 is 0 Å². The highest BCUT2D eigenvalue weighted by Crippen LogP contribution is 2.39. The zero-order valence-electron chi connectivity index (χ0n) is 22.1. The number of ether oxygens (including phenoxy) is 1. The fourth-order valence-corrected chi connectivity index (χ4v) is 7.06. The minimum Gasteiger partial charge on any atom is -0.465 e. The Bertz CT molecular complexity index is 1730. The number of anilines is 1. The van der Waals surface area contributed by atoms with Crippen LogP contribution in [0.3, 0.4) is 0 Å². The first-order valence-corrected chi connectivity index (χ1v) is 14.8. The summed E-state index contributed by atoms with van der Waals surface area (Å²) in [5, 5.41) is 14.0. The summed E-state index contributed by atoms with van der Waals surface area (Å²) in [7, 11) is 3.27. The number of benzene rings is 2. The molecular weight excluding hydrogens is 542 g/mol. The van der Waals surface area contributed by atoms with Gasteiger partial charge in [0.2, 0.25) is 5.91 Å². The van der Waals surface area contributed by atoms with Crippen LogP contribution in [-0.4, -0.2) is 44.5 Å². The van der Waals surface area contributed by atoms with Gasteiger partial charge in [0.1, 0.15) is 5.00 Å². The average Bonchev–Trinajstić information content (AvgIpc) is 3.54. The van der Waals surface area contributed by atoms with Crippen LogP contribution >= 0.6 is 23.1 Å². The number of carbonyl (C=O) groups is 2. The first-order chi connectivity index (χ1) is 19.5. The summed E-state index contributed by atoms with van der Waals surface area (Å²) in [6, 6.07) is 20.1. The van der Waals surface area contributed by atoms with Crippen molar-refractivity contribution in [2.24, 2.45) is 7.05 Å². The lowest BCUT2D eigenvalue weighted by atomic mass is 9.95. The number of fused-ring (bicyclic) bond motifs is 2. The predicted molar refractivity (Wildman–Crippen MR) is 159 cm³/mol. The molecule has 10 heteroatoms. The number of pyridine rings is 1. The molecule has 2 aromatic carbocycles. The molecule has 3 aromatic heterocycles. The van der Waals surface area contributed by atoms with Crippen LogP contribution in [0.1, 0.15) is 33.6 Å². The van der Waals surface area contributed by atoms with Crippen molar-refractivity contribution in [2.45, 2.75) is 30.8 Å². The number of para-hydroxylation sites is 1. The Morgan fingerprint density at radius 3 is 2.65 bits per heavy atom. The van der Waals surface area contributed by atoms with Gasteiger partial charge in [-0.15, -0.1) is 21.5 Å². The van der Waals surface area contributed by atoms with E-state index in [1.807, 2.05) is 72.3 Å². The molecule has 0 radical (unpaired) electrons. The van der Waals surface area contributed by atoms with Crippen molar-refractivity contribution in [1.29, 1.82) is 0 Å². The van der Waals surface area contributed by atoms with Gasteiger partial charge in [0.05, 0.1) is 29.6 Å². The smallest absolute Gasteiger partial charge is 0.341 e. The van der Waals surface area contributed by atoms with Gasteiger partial charge in [0.25, 0.3) is 0 Å². The number of aromatic nitrogens is 4. The Morgan fingerprint density at radius 2 is 1.82 bits per heavy atom. The number of methoxy groups -OCH3 is 1. The molecule has 5 aromatic rings. The number of hydrogen-bond donors (Lipinski definition) is 1. The van der Waals surface area contributed by atoms with Crippen molar-refractivity contribution in [3.8, 4) is 22.6 Å². The summed E-state index contributed by atoms with van der Waals surface area (Å²) in [5.41, 5.74) is 5.18. The topological polar surface area (TPSA) is 99.0 Å². The maximum atomic E-state index is 13.0. The third-order valence-electron chi connectivity index (χ3n) is 7.01. The predicted octanol–water partition coefficient (Wildman–Crippen LogP) is 6.16. The van der Waals surface area contributed by atoms with E-state index in [0.717, 1.165) is 63.8 Å². The lowest BCUT2D eigenvalue weighted by molar-refractivity contribution is -0.113. The van der Waals surface area contributed by atoms with Gasteiger partial charge in [-0.2, -0.15) is 0 Å². The van der Waals surface area contributed by atoms with E-state index in [-0.39, 0.29) is 11.7 Å². The summed E-state index contributed by atoms with van der Waals surface area (Å²) < 4.78 is 6.93. The van der Waals surface area contributed by atoms with Crippen molar-refractivity contribution in [1.82, 2.24) is 19.7 Å². The molecule has 0 bridgehead atoms. The van der Waals surface area contributed by atoms with E-state index in [2.05, 4.69) is 15.5 Å². The van der Waals surface area contributed by atoms with E-state index in [4.69, 9.17) is 9.72 Å². The molecule has 1 aliphatic rings. The summed E-state index contributed by atoms with van der Waals surface area (Å²) in [5.74, 6) is 0.206. The number of thiophene rings is 1. The Morgan fingerprint density at radius 1 is 1.05 bits per heavy atom. The molecule has 0 spiro atoms. The summed E-state index contributed by atoms with van der Waals surface area (Å²) >= 11 is 2.78. The first kappa shape index (κ1) is 26.2. The van der Waals surface area contributed by atoms with Crippen molar-refractivity contribution >= 4 is 50.9 Å². The maximum absolute atomic E-state index is 13.0. The Labute approximate surface area is 239 Å². The lowest BCUT2D eigenvalue weighted by Gasteiger charge is -2.11. The van der Waals surface area contributed by atoms with E-state index in [1.54, 1.807) is 0 Å². The normalized spacial score (nSPS) is 12.8. The molecule has 202 valence electrons. The molecule has 40 heavy (non-hydrogen) atoms. The molecule has 0 unspecified atom stereocenters. The van der Waals surface area contributed by atoms with Crippen LogP contribution in [-0.2, 0) is 29.4 Å². The number of thioether (sulfide) groups is 1. The SMILES string of the molecule is COC(=O)c1c(NC(=O)CSc2nnc(-c3cc(-c4ccccc4)nc4ccccc34)n2C)sc2c1CCCC2. The fourth-order valence-electron chi connectivity index (χ4n) is 5.06. The monoisotopic (exact) mass is 569 g/mol. The van der Waals surface area contributed by atoms with Crippen LogP contribution < -0.4 is 5.32 Å². The van der Waals surface area contributed by atoms with Gasteiger partial charge >= 0.3 is 5.97 Å². The van der Waals surface area contributed by atoms with Crippen LogP contribution in [0.4, 0.5) is 5.00 Å². The molecular formula is C30H27N5O3S2. The maximum Gasteiger partial charge on any atom is 0.341 e. The minimum atomic E-state index is -0.403. The van der Waals surface area contributed by atoms with Gasteiger partial charge in [0.15, 0.2) is 11.0 Å². The Hall–Kier alpha value is -4.02. The number of amides is 1. The first-order valence-electron chi connectivity index (χ1n) is 13.0. The van der Waals surface area contributed by atoms with Crippen LogP contribution in [0.15, 0.2) is 65.8 Å². The molecule has 1 aliphatic carbocycles. The van der Waals surface area contributed by atoms with E-state index in [0.29, 0.717) is 21.5 Å². The Kier molecular flexibility index (Phi) is 7.36. The van der Waals surface area contributed by atoms with E-state index < -0.39 is 5.97 Å². The van der Waals surface area contributed by atoms with Crippen molar-refractivity contribution < 1.29 is 14.3 Å². The number of aryl methyl sites for hydroxylation is 1. The van der Waals surface area contributed by atoms with Crippen molar-refractivity contribution in [2.75, 3.05) is 18.2 Å². The van der Waals surface area contributed by atoms with Crippen molar-refractivity contribution in [3.63, 3.8) is 0 Å². The third-order valence-corrected chi connectivity index (χ3v) is 9.24. The summed E-state index contributed by atoms with van der Waals surface area (Å²) in [6.07, 6.45) is 3.88. The van der Waals surface area contributed by atoms with Gasteiger partial charge in [-0.05, 0) is 43.4 Å². The molecule has 1 N–H and O–H groups in total. The summed E-state index contributed by atoms with van der Waals surface area (Å²) in [6.45, 7) is 0. The molecule has 0 atom stereocenters. The van der Waals surface area contributed by atoms with Crippen LogP contribution in [0.25, 0.3) is 33.5 Å². The van der Waals surface area contributed by atoms with Gasteiger partial charge < -0.3 is 14.6 Å². The average molecular weight is 570 g/mol. The van der Waals surface area contributed by atoms with Gasteiger partial charge in [-0.1, -0.05) is 60.3 Å². The number of carbonyl (C=O) groups excluding carboxylic acids is 2. The molecule has 8 nitrogen and oxygen atoms in total. The van der Waals surface area contributed by atoms with E-state index in [9.17, 15) is 9.59 Å². The molecule has 0 saturated carbocycles. The zero-order valence-corrected chi connectivity index (χ0v) is 23.8. The molecule has 1 amide bonds. The minimum absolute atomic E-state index is 0.126. The highest BCUT2D eigenvalue weighted by molar-refractivity contribution is 7.99. The number of hydrogen-bond acceptors (Lipinski definition) is 8. The van der Waals surface area contributed by atoms with Crippen LogP contribution in [0.5, 0.6) is 0 Å². The molecule has 0 aliphatic heterocycles. The third kappa shape index (κ3) is 5.00. The molecule has 6 rings (SSSR count). The van der Waals surface area contributed by atoms with Gasteiger partial charge in [-0.3, -0.25) is 4.79 Å². The Balaban J connectivity index is 1.24. The van der Waals surface area contributed by atoms with Crippen molar-refractivity contribution in [3.05, 3.63) is 76.7 Å². The molecule has 0 fully saturated rings. The van der Waals surface area contributed by atoms with E-state index in [1.165, 1.54) is 30.2 Å². The number of nitrogens with zero attached hydrogens (tertiary/aromatic N) is 4. The number of esters is 1. The second-order valence-corrected chi connectivity index (χ2v) is 11.6. The standard InChI is InChI=1S/C30H27N5O3S2/c1-35-27(21-16-23(18-10-4-3-5-11-18)31-22-14-8-6-12-19(21)22)33-34-30(35)39-17-25(36)32-28-26(29(37)38-2)20-13-7-9-15-24(20)40-28/h3-6,8,10-12,14,16H,7,9,13,15,17H2,1-2H3,(H,32,36). The summed E-state index contributed by atoms with van der Waals surface area (Å²) in [4.78, 5) is 31.5. The van der Waals surface area contributed by atoms with Crippen LogP contribution in [0.2, 0.25) is 0 Å². The number of rotatable bonds is 7. The van der Waals surface area contributed by atoms with Crippen LogP contribution in [0, 0.1) is 0 Å². The fraction of sp³-hybridized carbons (Fsp3) is 0.233. The highest BCUT2D eigenvalue weighted by atomic mass is 32.2. The second-order valence-electron chi connectivity index (χ2n) is 9.55. The second kappa shape index (κ2) is 11.2. The zero-order chi connectivity index (χ0) is 27.6. The largest absolute Gasteiger partial charge is 0.465 e. The molecule has 3 heterocycles. The highest BCUT2D eigenvalue weighted by Gasteiger charge is 2.27.